The summed E-state index contributed by atoms with van der Waals surface area (Å²) in [5.41, 5.74) is 3.00. The van der Waals surface area contributed by atoms with E-state index in [0.717, 1.165) is 22.6 Å². The molecule has 1 aromatic heterocycles. The van der Waals surface area contributed by atoms with Gasteiger partial charge in [0.2, 0.25) is 17.7 Å². The van der Waals surface area contributed by atoms with E-state index in [9.17, 15) is 19.2 Å². The number of thiazole rings is 1. The number of fused-ring (bicyclic) bond motifs is 2. The molecule has 0 radical (unpaired) electrons. The molecule has 2 aliphatic rings. The first-order chi connectivity index (χ1) is 19.3. The van der Waals surface area contributed by atoms with Crippen LogP contribution in [-0.2, 0) is 20.9 Å². The van der Waals surface area contributed by atoms with Crippen LogP contribution in [0.2, 0.25) is 0 Å². The molecule has 4 aromatic rings. The van der Waals surface area contributed by atoms with Crippen molar-refractivity contribution < 1.29 is 14.4 Å². The average molecular weight is 571 g/mol. The lowest BCUT2D eigenvalue weighted by Crippen LogP contribution is -2.33. The highest BCUT2D eigenvalue weighted by Gasteiger charge is 2.56. The van der Waals surface area contributed by atoms with Crippen molar-refractivity contribution in [2.75, 3.05) is 29.2 Å². The van der Waals surface area contributed by atoms with Crippen LogP contribution in [0.25, 0.3) is 0 Å². The van der Waals surface area contributed by atoms with Gasteiger partial charge in [-0.2, -0.15) is 0 Å². The molecule has 10 heteroatoms. The van der Waals surface area contributed by atoms with Crippen LogP contribution in [0.5, 0.6) is 0 Å². The average Bonchev–Trinajstić information content (AvgIpc) is 3.40. The molecular weight excluding hydrogens is 544 g/mol. The van der Waals surface area contributed by atoms with E-state index in [2.05, 4.69) is 5.32 Å². The Morgan fingerprint density at radius 1 is 0.875 bits per heavy atom. The smallest absolute Gasteiger partial charge is 0.308 e. The monoisotopic (exact) mass is 570 g/mol. The highest BCUT2D eigenvalue weighted by molar-refractivity contribution is 8.00. The number of nitrogens with one attached hydrogen (secondary N) is 1. The highest BCUT2D eigenvalue weighted by Crippen LogP contribution is 2.54. The standard InChI is InChI=1S/C30H26N4O4S2/c1-32(2)20-15-13-18(14-16-20)23-24-25(28(37)34(27(24)36)21-11-7-4-8-12-21)39-29-26(23)40-30(38)33(29)17-22(35)31-19-9-5-3-6-10-19/h3-16,23-25H,17H2,1-2H3,(H,31,35)/t23-,24-,25+/m0/s1. The number of carbonyl (C=O) groups excluding carboxylic acids is 3. The van der Waals surface area contributed by atoms with Crippen molar-refractivity contribution in [2.24, 2.45) is 5.92 Å². The number of anilines is 3. The lowest BCUT2D eigenvalue weighted by Gasteiger charge is -2.31. The molecule has 8 nitrogen and oxygen atoms in total. The predicted octanol–water partition coefficient (Wildman–Crippen LogP) is 4.41. The zero-order valence-corrected chi connectivity index (χ0v) is 23.4. The number of hydrogen-bond donors (Lipinski definition) is 1. The predicted molar refractivity (Wildman–Crippen MR) is 158 cm³/mol. The Labute approximate surface area is 239 Å². The second-order valence-corrected chi connectivity index (χ2v) is 12.0. The number of amides is 3. The number of thioether (sulfide) groups is 1. The van der Waals surface area contributed by atoms with Gasteiger partial charge in [-0.1, -0.05) is 71.6 Å². The largest absolute Gasteiger partial charge is 0.378 e. The van der Waals surface area contributed by atoms with Gasteiger partial charge in [-0.05, 0) is 42.0 Å². The molecule has 40 heavy (non-hydrogen) atoms. The molecule has 3 amide bonds. The van der Waals surface area contributed by atoms with Gasteiger partial charge in [-0.15, -0.1) is 0 Å². The molecule has 0 aliphatic carbocycles. The summed E-state index contributed by atoms with van der Waals surface area (Å²) in [6.45, 7) is -0.194. The summed E-state index contributed by atoms with van der Waals surface area (Å²) < 4.78 is 1.43. The Kier molecular flexibility index (Phi) is 6.81. The highest BCUT2D eigenvalue weighted by atomic mass is 32.2. The number of hydrogen-bond acceptors (Lipinski definition) is 7. The van der Waals surface area contributed by atoms with Crippen LogP contribution < -0.4 is 20.0 Å². The van der Waals surface area contributed by atoms with Gasteiger partial charge < -0.3 is 10.2 Å². The fourth-order valence-electron chi connectivity index (χ4n) is 5.29. The van der Waals surface area contributed by atoms with Gasteiger partial charge in [0.05, 0.1) is 16.6 Å². The van der Waals surface area contributed by atoms with E-state index in [1.165, 1.54) is 21.2 Å². The molecule has 2 aliphatic heterocycles. The molecule has 1 saturated heterocycles. The van der Waals surface area contributed by atoms with Crippen molar-refractivity contribution in [3.8, 4) is 0 Å². The molecule has 0 unspecified atom stereocenters. The van der Waals surface area contributed by atoms with Crippen molar-refractivity contribution in [3.63, 3.8) is 0 Å². The maximum Gasteiger partial charge on any atom is 0.308 e. The maximum atomic E-state index is 13.9. The molecule has 3 heterocycles. The Bertz CT molecular complexity index is 1650. The molecule has 0 spiro atoms. The number of benzene rings is 3. The minimum atomic E-state index is -0.726. The van der Waals surface area contributed by atoms with E-state index in [0.29, 0.717) is 21.3 Å². The first-order valence-electron chi connectivity index (χ1n) is 12.8. The number of rotatable bonds is 6. The minimum absolute atomic E-state index is 0.194. The number of nitrogens with zero attached hydrogens (tertiary/aromatic N) is 3. The molecule has 3 aromatic carbocycles. The van der Waals surface area contributed by atoms with E-state index in [4.69, 9.17) is 0 Å². The topological polar surface area (TPSA) is 91.7 Å². The molecule has 1 fully saturated rings. The van der Waals surface area contributed by atoms with Crippen LogP contribution in [0.1, 0.15) is 16.4 Å². The molecule has 6 rings (SSSR count). The summed E-state index contributed by atoms with van der Waals surface area (Å²) in [5.74, 6) is -2.12. The van der Waals surface area contributed by atoms with Crippen LogP contribution in [0.15, 0.2) is 94.7 Å². The number of aromatic nitrogens is 1. The van der Waals surface area contributed by atoms with Crippen LogP contribution in [0.4, 0.5) is 17.1 Å². The van der Waals surface area contributed by atoms with Gasteiger partial charge in [0.1, 0.15) is 11.8 Å². The van der Waals surface area contributed by atoms with Crippen LogP contribution in [-0.4, -0.2) is 41.6 Å². The second-order valence-electron chi connectivity index (χ2n) is 9.91. The Hall–Kier alpha value is -4.15. The Balaban J connectivity index is 1.42. The van der Waals surface area contributed by atoms with Gasteiger partial charge in [0.25, 0.3) is 0 Å². The minimum Gasteiger partial charge on any atom is -0.378 e. The Morgan fingerprint density at radius 3 is 2.17 bits per heavy atom. The normalized spacial score (nSPS) is 19.8. The fourth-order valence-corrected chi connectivity index (χ4v) is 8.06. The second kappa shape index (κ2) is 10.4. The lowest BCUT2D eigenvalue weighted by atomic mass is 9.83. The zero-order valence-electron chi connectivity index (χ0n) is 21.8. The molecule has 0 saturated carbocycles. The van der Waals surface area contributed by atoms with Gasteiger partial charge in [-0.3, -0.25) is 23.7 Å². The number of para-hydroxylation sites is 2. The number of carbonyl (C=O) groups is 3. The van der Waals surface area contributed by atoms with Crippen LogP contribution in [0, 0.1) is 5.92 Å². The first kappa shape index (κ1) is 26.1. The summed E-state index contributed by atoms with van der Waals surface area (Å²) in [6.07, 6.45) is 0. The summed E-state index contributed by atoms with van der Waals surface area (Å²) in [5, 5.41) is 2.67. The summed E-state index contributed by atoms with van der Waals surface area (Å²) in [4.78, 5) is 57.6. The van der Waals surface area contributed by atoms with E-state index in [-0.39, 0.29) is 29.1 Å². The summed E-state index contributed by atoms with van der Waals surface area (Å²) >= 11 is 2.26. The van der Waals surface area contributed by atoms with E-state index >= 15 is 0 Å². The fraction of sp³-hybridized carbons (Fsp3) is 0.200. The molecule has 0 bridgehead atoms. The van der Waals surface area contributed by atoms with Crippen molar-refractivity contribution in [1.29, 1.82) is 0 Å². The van der Waals surface area contributed by atoms with Crippen molar-refractivity contribution in [2.45, 2.75) is 22.7 Å². The molecular formula is C30H26N4O4S2. The summed E-state index contributed by atoms with van der Waals surface area (Å²) in [7, 11) is 3.90. The number of imide groups is 1. The van der Waals surface area contributed by atoms with E-state index in [1.807, 2.05) is 67.5 Å². The van der Waals surface area contributed by atoms with Gasteiger partial charge in [0, 0.05) is 36.3 Å². The molecule has 1 N–H and O–H groups in total. The van der Waals surface area contributed by atoms with Gasteiger partial charge >= 0.3 is 4.87 Å². The Morgan fingerprint density at radius 2 is 1.52 bits per heavy atom. The first-order valence-corrected chi connectivity index (χ1v) is 14.5. The summed E-state index contributed by atoms with van der Waals surface area (Å²) in [6, 6.07) is 25.8. The van der Waals surface area contributed by atoms with Crippen molar-refractivity contribution in [3.05, 3.63) is 105 Å². The van der Waals surface area contributed by atoms with E-state index < -0.39 is 17.1 Å². The van der Waals surface area contributed by atoms with Gasteiger partial charge in [-0.25, -0.2) is 4.90 Å². The zero-order chi connectivity index (χ0) is 28.0. The van der Waals surface area contributed by atoms with Crippen LogP contribution in [0.3, 0.4) is 0 Å². The lowest BCUT2D eigenvalue weighted by molar-refractivity contribution is -0.122. The SMILES string of the molecule is CN(C)c1ccc([C@@H]2c3sc(=O)n(CC(=O)Nc4ccccc4)c3S[C@H]3C(=O)N(c4ccccc4)C(=O)[C@@H]23)cc1. The third-order valence-electron chi connectivity index (χ3n) is 7.19. The van der Waals surface area contributed by atoms with Crippen molar-refractivity contribution >= 4 is 57.9 Å². The third-order valence-corrected chi connectivity index (χ3v) is 9.80. The maximum absolute atomic E-state index is 13.9. The quantitative estimate of drug-likeness (QED) is 0.346. The third kappa shape index (κ3) is 4.52. The molecule has 202 valence electrons. The van der Waals surface area contributed by atoms with Gasteiger partial charge in [0.15, 0.2) is 0 Å². The van der Waals surface area contributed by atoms with E-state index in [1.54, 1.807) is 36.4 Å². The van der Waals surface area contributed by atoms with Crippen molar-refractivity contribution in [1.82, 2.24) is 4.57 Å². The van der Waals surface area contributed by atoms with Crippen LogP contribution >= 0.6 is 23.1 Å². The molecule has 3 atom stereocenters.